The molecule has 0 bridgehead atoms. The van der Waals surface area contributed by atoms with Crippen molar-refractivity contribution in [1.29, 1.82) is 0 Å². The SMILES string of the molecule is COc1ccc([C@@H]2CC(=O)C3=C(C2)NC(C)=C(C(=O)OC(C)C)[C@H]3c2cc(Br)c(OC)c(OC)c2)cc1OC. The molecule has 9 heteroatoms. The van der Waals surface area contributed by atoms with Crippen molar-refractivity contribution >= 4 is 27.7 Å². The maximum Gasteiger partial charge on any atom is 0.337 e. The summed E-state index contributed by atoms with van der Waals surface area (Å²) in [7, 11) is 6.29. The molecule has 0 saturated heterocycles. The summed E-state index contributed by atoms with van der Waals surface area (Å²) in [6.07, 6.45) is 0.556. The van der Waals surface area contributed by atoms with E-state index in [4.69, 9.17) is 23.7 Å². The molecule has 0 saturated carbocycles. The van der Waals surface area contributed by atoms with Crippen LogP contribution in [0, 0.1) is 0 Å². The van der Waals surface area contributed by atoms with Crippen molar-refractivity contribution in [3.63, 3.8) is 0 Å². The number of ketones is 1. The minimum atomic E-state index is -0.637. The fourth-order valence-corrected chi connectivity index (χ4v) is 5.99. The average molecular weight is 601 g/mol. The first-order valence-corrected chi connectivity index (χ1v) is 13.5. The number of ether oxygens (including phenoxy) is 5. The number of hydrogen-bond acceptors (Lipinski definition) is 8. The van der Waals surface area contributed by atoms with Gasteiger partial charge in [0.25, 0.3) is 0 Å². The van der Waals surface area contributed by atoms with E-state index in [9.17, 15) is 9.59 Å². The van der Waals surface area contributed by atoms with Crippen molar-refractivity contribution in [1.82, 2.24) is 5.32 Å². The van der Waals surface area contributed by atoms with E-state index in [0.29, 0.717) is 50.7 Å². The second kappa shape index (κ2) is 11.7. The van der Waals surface area contributed by atoms with E-state index in [1.54, 1.807) is 42.3 Å². The number of allylic oxidation sites excluding steroid dienone is 3. The van der Waals surface area contributed by atoms with Crippen LogP contribution in [0.1, 0.15) is 56.6 Å². The van der Waals surface area contributed by atoms with Crippen LogP contribution in [-0.4, -0.2) is 46.3 Å². The van der Waals surface area contributed by atoms with Gasteiger partial charge in [-0.15, -0.1) is 0 Å². The molecule has 0 spiro atoms. The third-order valence-electron chi connectivity index (χ3n) is 7.06. The maximum absolute atomic E-state index is 13.9. The molecule has 1 heterocycles. The van der Waals surface area contributed by atoms with Crippen LogP contribution in [0.25, 0.3) is 0 Å². The number of carbonyl (C=O) groups excluding carboxylic acids is 2. The van der Waals surface area contributed by atoms with Crippen LogP contribution in [0.2, 0.25) is 0 Å². The minimum Gasteiger partial charge on any atom is -0.493 e. The van der Waals surface area contributed by atoms with Gasteiger partial charge in [-0.3, -0.25) is 4.79 Å². The van der Waals surface area contributed by atoms with Gasteiger partial charge in [0, 0.05) is 29.3 Å². The Hall–Kier alpha value is -3.46. The second-order valence-electron chi connectivity index (χ2n) is 9.82. The molecule has 0 aromatic heterocycles. The Balaban J connectivity index is 1.84. The number of dihydropyridines is 1. The molecule has 1 aliphatic carbocycles. The Morgan fingerprint density at radius 1 is 0.923 bits per heavy atom. The van der Waals surface area contributed by atoms with Crippen LogP contribution in [0.3, 0.4) is 0 Å². The molecular formula is C30H34BrNO7. The Morgan fingerprint density at radius 3 is 2.21 bits per heavy atom. The lowest BCUT2D eigenvalue weighted by molar-refractivity contribution is -0.143. The van der Waals surface area contributed by atoms with Gasteiger partial charge in [-0.2, -0.15) is 0 Å². The highest BCUT2D eigenvalue weighted by molar-refractivity contribution is 9.10. The van der Waals surface area contributed by atoms with Crippen LogP contribution in [0.5, 0.6) is 23.0 Å². The predicted octanol–water partition coefficient (Wildman–Crippen LogP) is 5.80. The van der Waals surface area contributed by atoms with Crippen LogP contribution in [0.15, 0.2) is 57.3 Å². The smallest absolute Gasteiger partial charge is 0.337 e. The van der Waals surface area contributed by atoms with Crippen LogP contribution >= 0.6 is 15.9 Å². The zero-order valence-electron chi connectivity index (χ0n) is 23.3. The minimum absolute atomic E-state index is 0.0400. The first-order valence-electron chi connectivity index (χ1n) is 12.7. The number of benzene rings is 2. The van der Waals surface area contributed by atoms with E-state index in [1.165, 1.54) is 0 Å². The molecule has 4 rings (SSSR count). The van der Waals surface area contributed by atoms with Gasteiger partial charge < -0.3 is 29.0 Å². The van der Waals surface area contributed by atoms with Crippen molar-refractivity contribution in [2.75, 3.05) is 28.4 Å². The number of esters is 1. The molecule has 0 unspecified atom stereocenters. The van der Waals surface area contributed by atoms with Crippen molar-refractivity contribution in [3.8, 4) is 23.0 Å². The zero-order chi connectivity index (χ0) is 28.4. The molecule has 0 amide bonds. The molecule has 208 valence electrons. The Kier molecular flexibility index (Phi) is 8.59. The lowest BCUT2D eigenvalue weighted by Crippen LogP contribution is -2.36. The van der Waals surface area contributed by atoms with Crippen LogP contribution < -0.4 is 24.3 Å². The highest BCUT2D eigenvalue weighted by Gasteiger charge is 2.42. The molecule has 0 fully saturated rings. The van der Waals surface area contributed by atoms with Gasteiger partial charge in [0.05, 0.1) is 44.6 Å². The van der Waals surface area contributed by atoms with Gasteiger partial charge >= 0.3 is 5.97 Å². The summed E-state index contributed by atoms with van der Waals surface area (Å²) in [5.41, 5.74) is 4.11. The topological polar surface area (TPSA) is 92.3 Å². The number of Topliss-reactive ketones (excluding diaryl/α,β-unsaturated/α-hetero) is 1. The Morgan fingerprint density at radius 2 is 1.59 bits per heavy atom. The lowest BCUT2D eigenvalue weighted by Gasteiger charge is -2.37. The summed E-state index contributed by atoms with van der Waals surface area (Å²) >= 11 is 3.57. The fraction of sp³-hybridized carbons (Fsp3) is 0.400. The highest BCUT2D eigenvalue weighted by atomic mass is 79.9. The summed E-state index contributed by atoms with van der Waals surface area (Å²) in [6, 6.07) is 9.42. The molecule has 2 aliphatic rings. The molecule has 1 aliphatic heterocycles. The number of nitrogens with one attached hydrogen (secondary N) is 1. The van der Waals surface area contributed by atoms with Gasteiger partial charge in [0.15, 0.2) is 28.8 Å². The summed E-state index contributed by atoms with van der Waals surface area (Å²) in [5.74, 6) is 1.05. The molecule has 8 nitrogen and oxygen atoms in total. The van der Waals surface area contributed by atoms with Gasteiger partial charge in [-0.05, 0) is 84.4 Å². The van der Waals surface area contributed by atoms with Crippen LogP contribution in [-0.2, 0) is 14.3 Å². The fourth-order valence-electron chi connectivity index (χ4n) is 5.37. The van der Waals surface area contributed by atoms with E-state index in [0.717, 1.165) is 16.8 Å². The van der Waals surface area contributed by atoms with Gasteiger partial charge in [0.2, 0.25) is 0 Å². The highest BCUT2D eigenvalue weighted by Crippen LogP contribution is 2.49. The number of hydrogen-bond donors (Lipinski definition) is 1. The molecule has 1 N–H and O–H groups in total. The molecule has 39 heavy (non-hydrogen) atoms. The second-order valence-corrected chi connectivity index (χ2v) is 10.7. The third kappa shape index (κ3) is 5.50. The Labute approximate surface area is 237 Å². The number of carbonyl (C=O) groups is 2. The average Bonchev–Trinajstić information content (AvgIpc) is 2.90. The number of rotatable bonds is 8. The monoisotopic (exact) mass is 599 g/mol. The number of methoxy groups -OCH3 is 4. The van der Waals surface area contributed by atoms with Gasteiger partial charge in [-0.25, -0.2) is 4.79 Å². The molecule has 2 aromatic carbocycles. The molecule has 0 radical (unpaired) electrons. The van der Waals surface area contributed by atoms with Gasteiger partial charge in [-0.1, -0.05) is 6.07 Å². The van der Waals surface area contributed by atoms with Gasteiger partial charge in [0.1, 0.15) is 0 Å². The first kappa shape index (κ1) is 28.5. The molecule has 2 aromatic rings. The standard InChI is InChI=1S/C30H34BrNO7/c1-15(2)39-30(34)26-16(3)32-21-11-18(17-8-9-23(35-4)24(13-17)36-5)12-22(33)28(21)27(26)19-10-20(31)29(38-7)25(14-19)37-6/h8-10,13-15,18,27,32H,11-12H2,1-7H3/t18-,27+/m0/s1. The van der Waals surface area contributed by atoms with Crippen LogP contribution in [0.4, 0.5) is 0 Å². The van der Waals surface area contributed by atoms with E-state index >= 15 is 0 Å². The molecular weight excluding hydrogens is 566 g/mol. The maximum atomic E-state index is 13.9. The van der Waals surface area contributed by atoms with Crippen molar-refractivity contribution in [2.24, 2.45) is 0 Å². The molecule has 2 atom stereocenters. The van der Waals surface area contributed by atoms with E-state index in [-0.39, 0.29) is 24.2 Å². The number of halogens is 1. The van der Waals surface area contributed by atoms with Crippen molar-refractivity contribution in [3.05, 3.63) is 68.5 Å². The normalized spacial score (nSPS) is 18.9. The quantitative estimate of drug-likeness (QED) is 0.381. The first-order chi connectivity index (χ1) is 18.6. The summed E-state index contributed by atoms with van der Waals surface area (Å²) in [5, 5.41) is 3.38. The van der Waals surface area contributed by atoms with E-state index in [1.807, 2.05) is 37.3 Å². The largest absolute Gasteiger partial charge is 0.493 e. The third-order valence-corrected chi connectivity index (χ3v) is 7.65. The summed E-state index contributed by atoms with van der Waals surface area (Å²) < 4.78 is 28.2. The summed E-state index contributed by atoms with van der Waals surface area (Å²) in [6.45, 7) is 5.44. The summed E-state index contributed by atoms with van der Waals surface area (Å²) in [4.78, 5) is 27.4. The van der Waals surface area contributed by atoms with E-state index in [2.05, 4.69) is 21.2 Å². The lowest BCUT2D eigenvalue weighted by atomic mass is 9.71. The predicted molar refractivity (Wildman–Crippen MR) is 151 cm³/mol. The van der Waals surface area contributed by atoms with E-state index < -0.39 is 11.9 Å². The Bertz CT molecular complexity index is 1360. The van der Waals surface area contributed by atoms with Crippen molar-refractivity contribution < 1.29 is 33.3 Å². The zero-order valence-corrected chi connectivity index (χ0v) is 24.9. The van der Waals surface area contributed by atoms with Crippen molar-refractivity contribution in [2.45, 2.75) is 51.6 Å².